The van der Waals surface area contributed by atoms with Crippen molar-refractivity contribution >= 4 is 29.0 Å². The molecule has 0 atom stereocenters. The lowest BCUT2D eigenvalue weighted by molar-refractivity contribution is -0.114. The molecule has 1 aromatic carbocycles. The second-order valence-corrected chi connectivity index (χ2v) is 6.98. The molecule has 142 valence electrons. The molecule has 1 saturated carbocycles. The summed E-state index contributed by atoms with van der Waals surface area (Å²) in [6.07, 6.45) is 9.05. The number of amides is 2. The number of rotatable bonds is 5. The van der Waals surface area contributed by atoms with Crippen molar-refractivity contribution in [3.63, 3.8) is 0 Å². The number of pyridine rings is 1. The third-order valence-electron chi connectivity index (χ3n) is 4.69. The average molecular weight is 366 g/mol. The largest absolute Gasteiger partial charge is 0.367 e. The predicted octanol–water partition coefficient (Wildman–Crippen LogP) is 4.43. The minimum atomic E-state index is -0.186. The van der Waals surface area contributed by atoms with E-state index < -0.39 is 0 Å². The highest BCUT2D eigenvalue weighted by atomic mass is 16.2. The highest BCUT2D eigenvalue weighted by Gasteiger charge is 2.14. The summed E-state index contributed by atoms with van der Waals surface area (Å²) >= 11 is 0. The van der Waals surface area contributed by atoms with E-state index in [9.17, 15) is 9.59 Å². The Kier molecular flexibility index (Phi) is 6.41. The first-order chi connectivity index (χ1) is 13.1. The molecule has 6 heteroatoms. The fourth-order valence-corrected chi connectivity index (χ4v) is 3.33. The first-order valence-electron chi connectivity index (χ1n) is 9.52. The van der Waals surface area contributed by atoms with Crippen LogP contribution in [0.2, 0.25) is 0 Å². The maximum atomic E-state index is 12.5. The normalized spacial score (nSPS) is 14.9. The predicted molar refractivity (Wildman–Crippen MR) is 108 cm³/mol. The average Bonchev–Trinajstić information content (AvgIpc) is 2.92. The first kappa shape index (κ1) is 18.9. The molecule has 1 aromatic heterocycles. The molecule has 0 spiro atoms. The van der Waals surface area contributed by atoms with E-state index in [1.54, 1.807) is 42.6 Å². The number of benzene rings is 1. The maximum Gasteiger partial charge on any atom is 0.255 e. The summed E-state index contributed by atoms with van der Waals surface area (Å²) in [6.45, 7) is 1.46. The van der Waals surface area contributed by atoms with Gasteiger partial charge in [-0.15, -0.1) is 0 Å². The third-order valence-corrected chi connectivity index (χ3v) is 4.69. The Morgan fingerprint density at radius 2 is 1.56 bits per heavy atom. The van der Waals surface area contributed by atoms with Crippen molar-refractivity contribution in [2.45, 2.75) is 51.5 Å². The van der Waals surface area contributed by atoms with Crippen molar-refractivity contribution in [3.05, 3.63) is 48.2 Å². The van der Waals surface area contributed by atoms with E-state index >= 15 is 0 Å². The van der Waals surface area contributed by atoms with Gasteiger partial charge in [-0.05, 0) is 49.2 Å². The van der Waals surface area contributed by atoms with Crippen LogP contribution in [-0.4, -0.2) is 22.8 Å². The summed E-state index contributed by atoms with van der Waals surface area (Å²) in [5.41, 5.74) is 1.93. The summed E-state index contributed by atoms with van der Waals surface area (Å²) in [5.74, 6) is 0.432. The van der Waals surface area contributed by atoms with E-state index in [0.29, 0.717) is 23.0 Å². The molecule has 0 bridgehead atoms. The molecule has 0 aliphatic heterocycles. The molecule has 1 aliphatic carbocycles. The van der Waals surface area contributed by atoms with Gasteiger partial charge < -0.3 is 16.0 Å². The van der Waals surface area contributed by atoms with Crippen molar-refractivity contribution in [2.24, 2.45) is 0 Å². The van der Waals surface area contributed by atoms with Gasteiger partial charge in [-0.2, -0.15) is 0 Å². The SMILES string of the molecule is CC(=O)Nc1ccc(NC(=O)c2ccnc(NC3CCCCCC3)c2)cc1. The second-order valence-electron chi connectivity index (χ2n) is 6.98. The van der Waals surface area contributed by atoms with Gasteiger partial charge in [0.1, 0.15) is 5.82 Å². The molecule has 3 rings (SSSR count). The zero-order valence-electron chi connectivity index (χ0n) is 15.6. The topological polar surface area (TPSA) is 83.1 Å². The van der Waals surface area contributed by atoms with Crippen LogP contribution >= 0.6 is 0 Å². The van der Waals surface area contributed by atoms with Gasteiger partial charge in [0.15, 0.2) is 0 Å². The van der Waals surface area contributed by atoms with Crippen molar-refractivity contribution in [1.29, 1.82) is 0 Å². The number of aromatic nitrogens is 1. The number of hydrogen-bond donors (Lipinski definition) is 3. The van der Waals surface area contributed by atoms with Crippen molar-refractivity contribution in [3.8, 4) is 0 Å². The molecule has 0 unspecified atom stereocenters. The van der Waals surface area contributed by atoms with Crippen molar-refractivity contribution < 1.29 is 9.59 Å². The Morgan fingerprint density at radius 3 is 2.19 bits per heavy atom. The summed E-state index contributed by atoms with van der Waals surface area (Å²) in [7, 11) is 0. The van der Waals surface area contributed by atoms with Crippen LogP contribution in [0.3, 0.4) is 0 Å². The van der Waals surface area contributed by atoms with Gasteiger partial charge in [0.25, 0.3) is 5.91 Å². The van der Waals surface area contributed by atoms with Gasteiger partial charge in [-0.3, -0.25) is 9.59 Å². The van der Waals surface area contributed by atoms with Crippen LogP contribution in [0.1, 0.15) is 55.8 Å². The third kappa shape index (κ3) is 5.81. The van der Waals surface area contributed by atoms with E-state index in [0.717, 1.165) is 18.7 Å². The molecule has 2 aromatic rings. The fraction of sp³-hybridized carbons (Fsp3) is 0.381. The van der Waals surface area contributed by atoms with Gasteiger partial charge in [-0.1, -0.05) is 25.7 Å². The molecule has 6 nitrogen and oxygen atoms in total. The van der Waals surface area contributed by atoms with E-state index in [1.165, 1.54) is 32.6 Å². The van der Waals surface area contributed by atoms with Crippen LogP contribution in [-0.2, 0) is 4.79 Å². The summed E-state index contributed by atoms with van der Waals surface area (Å²) < 4.78 is 0. The highest BCUT2D eigenvalue weighted by molar-refractivity contribution is 6.04. The summed E-state index contributed by atoms with van der Waals surface area (Å²) in [4.78, 5) is 28.0. The Bertz CT molecular complexity index is 781. The zero-order valence-corrected chi connectivity index (χ0v) is 15.6. The Balaban J connectivity index is 1.61. The summed E-state index contributed by atoms with van der Waals surface area (Å²) in [6, 6.07) is 11.0. The number of hydrogen-bond acceptors (Lipinski definition) is 4. The second kappa shape index (κ2) is 9.16. The van der Waals surface area contributed by atoms with Crippen LogP contribution < -0.4 is 16.0 Å². The number of anilines is 3. The lowest BCUT2D eigenvalue weighted by atomic mass is 10.1. The molecule has 2 amide bonds. The maximum absolute atomic E-state index is 12.5. The molecule has 3 N–H and O–H groups in total. The molecule has 1 heterocycles. The highest BCUT2D eigenvalue weighted by Crippen LogP contribution is 2.21. The van der Waals surface area contributed by atoms with E-state index in [2.05, 4.69) is 20.9 Å². The molecular weight excluding hydrogens is 340 g/mol. The lowest BCUT2D eigenvalue weighted by Gasteiger charge is -2.17. The van der Waals surface area contributed by atoms with Gasteiger partial charge >= 0.3 is 0 Å². The molecule has 0 radical (unpaired) electrons. The van der Waals surface area contributed by atoms with Crippen molar-refractivity contribution in [2.75, 3.05) is 16.0 Å². The fourth-order valence-electron chi connectivity index (χ4n) is 3.33. The quantitative estimate of drug-likeness (QED) is 0.684. The Morgan fingerprint density at radius 1 is 0.926 bits per heavy atom. The molecular formula is C21H26N4O2. The molecule has 1 fully saturated rings. The molecule has 1 aliphatic rings. The van der Waals surface area contributed by atoms with Crippen LogP contribution in [0.25, 0.3) is 0 Å². The summed E-state index contributed by atoms with van der Waals surface area (Å²) in [5, 5.41) is 9.05. The molecule has 27 heavy (non-hydrogen) atoms. The van der Waals surface area contributed by atoms with Crippen LogP contribution in [0.15, 0.2) is 42.6 Å². The van der Waals surface area contributed by atoms with Gasteiger partial charge in [0.2, 0.25) is 5.91 Å². The number of carbonyl (C=O) groups excluding carboxylic acids is 2. The minimum absolute atomic E-state index is 0.128. The Hall–Kier alpha value is -2.89. The van der Waals surface area contributed by atoms with E-state index in [1.807, 2.05) is 0 Å². The van der Waals surface area contributed by atoms with Crippen LogP contribution in [0, 0.1) is 0 Å². The van der Waals surface area contributed by atoms with Crippen LogP contribution in [0.4, 0.5) is 17.2 Å². The van der Waals surface area contributed by atoms with E-state index in [4.69, 9.17) is 0 Å². The molecule has 0 saturated heterocycles. The lowest BCUT2D eigenvalue weighted by Crippen LogP contribution is -2.20. The van der Waals surface area contributed by atoms with Gasteiger partial charge in [0, 0.05) is 36.1 Å². The van der Waals surface area contributed by atoms with Gasteiger partial charge in [-0.25, -0.2) is 4.98 Å². The standard InChI is InChI=1S/C21H26N4O2/c1-15(26)23-18-8-10-19(11-9-18)25-21(27)16-12-13-22-20(14-16)24-17-6-4-2-3-5-7-17/h8-14,17H,2-7H2,1H3,(H,22,24)(H,23,26)(H,25,27). The number of nitrogens with one attached hydrogen (secondary N) is 3. The Labute approximate surface area is 159 Å². The smallest absolute Gasteiger partial charge is 0.255 e. The first-order valence-corrected chi connectivity index (χ1v) is 9.52. The minimum Gasteiger partial charge on any atom is -0.367 e. The number of carbonyl (C=O) groups is 2. The van der Waals surface area contributed by atoms with Crippen LogP contribution in [0.5, 0.6) is 0 Å². The van der Waals surface area contributed by atoms with Crippen molar-refractivity contribution in [1.82, 2.24) is 4.98 Å². The van der Waals surface area contributed by atoms with E-state index in [-0.39, 0.29) is 11.8 Å². The van der Waals surface area contributed by atoms with Gasteiger partial charge in [0.05, 0.1) is 0 Å². The number of nitrogens with zero attached hydrogens (tertiary/aromatic N) is 1. The zero-order chi connectivity index (χ0) is 19.1. The monoisotopic (exact) mass is 366 g/mol.